The second-order valence-corrected chi connectivity index (χ2v) is 7.52. The molecule has 19 heavy (non-hydrogen) atoms. The van der Waals surface area contributed by atoms with Crippen LogP contribution in [0, 0.1) is 0 Å². The van der Waals surface area contributed by atoms with Gasteiger partial charge in [-0.1, -0.05) is 0 Å². The molecule has 0 spiro atoms. The van der Waals surface area contributed by atoms with Gasteiger partial charge in [0.25, 0.3) is 0 Å². The molecule has 1 rings (SSSR count). The molecular weight excluding hydrogens is 374 g/mol. The van der Waals surface area contributed by atoms with Gasteiger partial charge < -0.3 is 0 Å². The zero-order chi connectivity index (χ0) is 14.3. The monoisotopic (exact) mass is 388 g/mol. The van der Waals surface area contributed by atoms with Crippen molar-refractivity contribution >= 4 is 54.0 Å². The number of para-hydroxylation sites is 1. The average molecular weight is 387 g/mol. The van der Waals surface area contributed by atoms with Gasteiger partial charge in [-0.2, -0.15) is 0 Å². The van der Waals surface area contributed by atoms with Crippen molar-refractivity contribution in [3.8, 4) is 0 Å². The third-order valence-corrected chi connectivity index (χ3v) is 5.66. The Morgan fingerprint density at radius 3 is 2.58 bits per heavy atom. The van der Waals surface area contributed by atoms with Crippen LogP contribution >= 0.6 is 11.6 Å². The topological polar surface area (TPSA) is 75.3 Å². The van der Waals surface area contributed by atoms with Crippen LogP contribution in [0.1, 0.15) is 17.3 Å². The van der Waals surface area contributed by atoms with Gasteiger partial charge in [-0.3, -0.25) is 0 Å². The number of carbonyl (C=O) groups is 3. The van der Waals surface area contributed by atoms with Crippen LogP contribution in [0.4, 0.5) is 5.69 Å². The van der Waals surface area contributed by atoms with Gasteiger partial charge in [0, 0.05) is 0 Å². The van der Waals surface area contributed by atoms with Crippen molar-refractivity contribution in [2.45, 2.75) is 6.92 Å². The maximum atomic E-state index is 11.9. The van der Waals surface area contributed by atoms with Crippen molar-refractivity contribution in [3.63, 3.8) is 0 Å². The zero-order valence-electron chi connectivity index (χ0n) is 10.3. The first-order valence-corrected chi connectivity index (χ1v) is 9.50. The van der Waals surface area contributed by atoms with Crippen molar-refractivity contribution in [1.29, 1.82) is 0 Å². The Hall–Kier alpha value is -1.08. The van der Waals surface area contributed by atoms with E-state index in [0.717, 1.165) is 0 Å². The van der Waals surface area contributed by atoms with Gasteiger partial charge in [-0.15, -0.1) is 0 Å². The number of alkyl halides is 1. The van der Waals surface area contributed by atoms with Gasteiger partial charge in [-0.05, 0) is 0 Å². The van der Waals surface area contributed by atoms with Crippen LogP contribution in [0.5, 0.6) is 0 Å². The molecule has 7 heteroatoms. The van der Waals surface area contributed by atoms with E-state index in [1.54, 1.807) is 24.3 Å². The first-order chi connectivity index (χ1) is 9.04. The third kappa shape index (κ3) is 5.61. The van der Waals surface area contributed by atoms with Crippen LogP contribution in [0.3, 0.4) is 0 Å². The van der Waals surface area contributed by atoms with E-state index < -0.39 is 21.1 Å². The first kappa shape index (κ1) is 16.0. The quantitative estimate of drug-likeness (QED) is 0.560. The molecule has 0 aromatic heterocycles. The number of hydrogen-bond acceptors (Lipinski definition) is 3. The van der Waals surface area contributed by atoms with Crippen molar-refractivity contribution in [2.24, 2.45) is 0 Å². The van der Waals surface area contributed by atoms with Gasteiger partial charge >= 0.3 is 126 Å². The molecule has 2 radical (unpaired) electrons. The van der Waals surface area contributed by atoms with Crippen molar-refractivity contribution in [1.82, 2.24) is 5.32 Å². The molecule has 2 N–H and O–H groups in total. The number of rotatable bonds is 6. The number of carbonyl (C=O) groups excluding carboxylic acids is 3. The number of anilines is 1. The van der Waals surface area contributed by atoms with Gasteiger partial charge in [-0.25, -0.2) is 0 Å². The second-order valence-electron chi connectivity index (χ2n) is 3.64. The molecule has 0 saturated carbocycles. The molecule has 2 amide bonds. The molecular formula is C12H13ClN2O3Sn. The molecule has 0 aliphatic heterocycles. The number of amides is 2. The van der Waals surface area contributed by atoms with Gasteiger partial charge in [0.2, 0.25) is 0 Å². The van der Waals surface area contributed by atoms with Gasteiger partial charge in [0.1, 0.15) is 0 Å². The standard InChI is InChI=1S/C10H11N2O2.C2H2ClO.Sn/c1-7(13)12-9-6-4-3-5-8(9)10(14)11-2;3-1-2-4;/h3-6H,2H2,1H3,(H,11,14)(H,12,13);1H2;. The average Bonchev–Trinajstić information content (AvgIpc) is 2.38. The molecule has 0 unspecified atom stereocenters. The van der Waals surface area contributed by atoms with Crippen LogP contribution in [-0.2, 0) is 9.59 Å². The van der Waals surface area contributed by atoms with Gasteiger partial charge in [0.15, 0.2) is 0 Å². The molecule has 0 heterocycles. The molecule has 1 aromatic carbocycles. The molecule has 0 atom stereocenters. The summed E-state index contributed by atoms with van der Waals surface area (Å²) in [6, 6.07) is 6.72. The fourth-order valence-electron chi connectivity index (χ4n) is 1.35. The Morgan fingerprint density at radius 2 is 1.95 bits per heavy atom. The number of hydrogen-bond donors (Lipinski definition) is 2. The van der Waals surface area contributed by atoms with E-state index in [1.807, 2.05) is 0 Å². The molecule has 0 fully saturated rings. The van der Waals surface area contributed by atoms with E-state index >= 15 is 0 Å². The van der Waals surface area contributed by atoms with E-state index in [0.29, 0.717) is 15.8 Å². The van der Waals surface area contributed by atoms with Crippen LogP contribution < -0.4 is 10.6 Å². The van der Waals surface area contributed by atoms with Crippen LogP contribution in [0.2, 0.25) is 0 Å². The Labute approximate surface area is 126 Å². The van der Waals surface area contributed by atoms with E-state index in [4.69, 9.17) is 11.6 Å². The Morgan fingerprint density at radius 1 is 1.26 bits per heavy atom. The normalized spacial score (nSPS) is 9.79. The number of halogens is 1. The molecule has 0 bridgehead atoms. The van der Waals surface area contributed by atoms with Crippen LogP contribution in [-0.4, -0.2) is 47.2 Å². The minimum atomic E-state index is -1.31. The van der Waals surface area contributed by atoms with E-state index in [2.05, 4.69) is 10.6 Å². The predicted octanol–water partition coefficient (Wildman–Crippen LogP) is 0.802. The summed E-state index contributed by atoms with van der Waals surface area (Å²) >= 11 is 4.09. The molecule has 0 aliphatic rings. The summed E-state index contributed by atoms with van der Waals surface area (Å²) < 4.78 is 0.433. The van der Waals surface area contributed by atoms with E-state index in [1.165, 1.54) is 6.92 Å². The summed E-state index contributed by atoms with van der Waals surface area (Å²) in [7, 11) is 0. The summed E-state index contributed by atoms with van der Waals surface area (Å²) in [5, 5.41) is 5.27. The summed E-state index contributed by atoms with van der Waals surface area (Å²) in [5.74, 6) is -0.522. The Kier molecular flexibility index (Phi) is 6.86. The summed E-state index contributed by atoms with van der Waals surface area (Å²) in [6.07, 6.45) is 0. The fourth-order valence-corrected chi connectivity index (χ4v) is 3.52. The van der Waals surface area contributed by atoms with Crippen molar-refractivity contribution < 1.29 is 14.4 Å². The van der Waals surface area contributed by atoms with Crippen molar-refractivity contribution in [2.75, 3.05) is 15.8 Å². The molecule has 5 nitrogen and oxygen atoms in total. The molecule has 0 aliphatic carbocycles. The van der Waals surface area contributed by atoms with Crippen LogP contribution in [0.25, 0.3) is 0 Å². The Balaban J connectivity index is 2.66. The number of benzene rings is 1. The Bertz CT molecular complexity index is 494. The predicted molar refractivity (Wildman–Crippen MR) is 74.6 cm³/mol. The van der Waals surface area contributed by atoms with E-state index in [9.17, 15) is 14.4 Å². The molecule has 1 aromatic rings. The van der Waals surface area contributed by atoms with Gasteiger partial charge in [0.05, 0.1) is 0 Å². The number of nitrogens with one attached hydrogen (secondary N) is 2. The zero-order valence-corrected chi connectivity index (χ0v) is 13.9. The third-order valence-electron chi connectivity index (χ3n) is 2.14. The first-order valence-electron chi connectivity index (χ1n) is 5.52. The SMILES string of the molecule is CC(=O)Nc1ccccc1C(=O)N[CH2][Sn][C](=O)CCl. The fraction of sp³-hybridized carbons (Fsp3) is 0.250. The van der Waals surface area contributed by atoms with Crippen LogP contribution in [0.15, 0.2) is 24.3 Å². The minimum absolute atomic E-state index is 0.0184. The summed E-state index contributed by atoms with van der Waals surface area (Å²) in [5.41, 5.74) is 0.844. The molecule has 100 valence electrons. The van der Waals surface area contributed by atoms with E-state index in [-0.39, 0.29) is 21.5 Å². The summed E-state index contributed by atoms with van der Waals surface area (Å²) in [4.78, 5) is 34.1. The second kappa shape index (κ2) is 8.16. The maximum absolute atomic E-state index is 11.9. The van der Waals surface area contributed by atoms with Crippen molar-refractivity contribution in [3.05, 3.63) is 29.8 Å². The summed E-state index contributed by atoms with van der Waals surface area (Å²) in [6.45, 7) is 1.38. The molecule has 0 saturated heterocycles.